The molecule has 0 spiro atoms. The van der Waals surface area contributed by atoms with E-state index < -0.39 is 0 Å². The lowest BCUT2D eigenvalue weighted by Crippen LogP contribution is -2.47. The van der Waals surface area contributed by atoms with Gasteiger partial charge >= 0.3 is 0 Å². The molecule has 1 atom stereocenters. The van der Waals surface area contributed by atoms with Gasteiger partial charge in [0, 0.05) is 63.0 Å². The Morgan fingerprint density at radius 1 is 1.19 bits per heavy atom. The Kier molecular flexibility index (Phi) is 7.05. The number of amides is 1. The van der Waals surface area contributed by atoms with Gasteiger partial charge in [0.15, 0.2) is 0 Å². The molecule has 0 saturated carbocycles. The van der Waals surface area contributed by atoms with E-state index in [0.29, 0.717) is 37.3 Å². The minimum Gasteiger partial charge on any atom is -0.379 e. The van der Waals surface area contributed by atoms with Gasteiger partial charge in [-0.3, -0.25) is 9.69 Å². The summed E-state index contributed by atoms with van der Waals surface area (Å²) in [6, 6.07) is 7.78. The van der Waals surface area contributed by atoms with Crippen LogP contribution in [-0.4, -0.2) is 85.7 Å². The van der Waals surface area contributed by atoms with Crippen LogP contribution in [0.15, 0.2) is 30.5 Å². The molecule has 2 fully saturated rings. The molecule has 2 aliphatic heterocycles. The van der Waals surface area contributed by atoms with Crippen molar-refractivity contribution in [3.8, 4) is 11.1 Å². The standard InChI is InChI=1S/C23H30ClN5O2/c1-27(2)23-25-14-20(17-5-7-19(24)8-6-17)22(26-23)18-4-3-9-29(15-18)21(30)16-28-10-12-31-13-11-28/h5-8,14,18H,3-4,9-13,15-16H2,1-2H3/t18-/m0/s1. The molecule has 0 unspecified atom stereocenters. The minimum absolute atomic E-state index is 0.176. The number of hydrogen-bond donors (Lipinski definition) is 0. The Balaban J connectivity index is 1.57. The summed E-state index contributed by atoms with van der Waals surface area (Å²) in [5.41, 5.74) is 3.06. The van der Waals surface area contributed by atoms with Crippen LogP contribution in [0.3, 0.4) is 0 Å². The first-order valence-corrected chi connectivity index (χ1v) is 11.3. The average Bonchev–Trinajstić information content (AvgIpc) is 2.80. The van der Waals surface area contributed by atoms with E-state index in [1.54, 1.807) is 0 Å². The van der Waals surface area contributed by atoms with Crippen LogP contribution in [0.1, 0.15) is 24.5 Å². The normalized spacial score (nSPS) is 20.0. The summed E-state index contributed by atoms with van der Waals surface area (Å²) in [7, 11) is 3.89. The van der Waals surface area contributed by atoms with E-state index in [4.69, 9.17) is 21.3 Å². The molecule has 2 aliphatic rings. The Morgan fingerprint density at radius 2 is 1.94 bits per heavy atom. The number of nitrogens with zero attached hydrogens (tertiary/aromatic N) is 5. The predicted molar refractivity (Wildman–Crippen MR) is 123 cm³/mol. The summed E-state index contributed by atoms with van der Waals surface area (Å²) in [6.07, 6.45) is 3.88. The number of hydrogen-bond acceptors (Lipinski definition) is 6. The molecule has 1 aromatic carbocycles. The largest absolute Gasteiger partial charge is 0.379 e. The Morgan fingerprint density at radius 3 is 2.65 bits per heavy atom. The highest BCUT2D eigenvalue weighted by molar-refractivity contribution is 6.30. The Bertz CT molecular complexity index is 899. The monoisotopic (exact) mass is 443 g/mol. The molecule has 0 bridgehead atoms. The number of morpholine rings is 1. The number of rotatable bonds is 5. The van der Waals surface area contributed by atoms with E-state index in [-0.39, 0.29) is 11.8 Å². The zero-order chi connectivity index (χ0) is 21.8. The summed E-state index contributed by atoms with van der Waals surface area (Å²) in [5.74, 6) is 1.06. The fourth-order valence-corrected chi connectivity index (χ4v) is 4.37. The molecular formula is C23H30ClN5O2. The van der Waals surface area contributed by atoms with Gasteiger partial charge in [-0.2, -0.15) is 0 Å². The quantitative estimate of drug-likeness (QED) is 0.708. The van der Waals surface area contributed by atoms with Gasteiger partial charge in [-0.05, 0) is 30.5 Å². The number of ether oxygens (including phenoxy) is 1. The number of benzene rings is 1. The van der Waals surface area contributed by atoms with Crippen molar-refractivity contribution in [2.24, 2.45) is 0 Å². The summed E-state index contributed by atoms with van der Waals surface area (Å²) in [6.45, 7) is 5.01. The van der Waals surface area contributed by atoms with Gasteiger partial charge in [-0.15, -0.1) is 0 Å². The van der Waals surface area contributed by atoms with Crippen molar-refractivity contribution in [3.05, 3.63) is 41.2 Å². The number of halogens is 1. The molecule has 0 aliphatic carbocycles. The number of carbonyl (C=O) groups is 1. The summed E-state index contributed by atoms with van der Waals surface area (Å²) >= 11 is 6.09. The lowest BCUT2D eigenvalue weighted by atomic mass is 9.90. The van der Waals surface area contributed by atoms with Crippen molar-refractivity contribution >= 4 is 23.5 Å². The second-order valence-corrected chi connectivity index (χ2v) is 8.87. The molecule has 7 nitrogen and oxygen atoms in total. The lowest BCUT2D eigenvalue weighted by molar-refractivity contribution is -0.134. The first kappa shape index (κ1) is 22.0. The molecular weight excluding hydrogens is 414 g/mol. The minimum atomic E-state index is 0.176. The van der Waals surface area contributed by atoms with Gasteiger partial charge in [0.1, 0.15) is 0 Å². The van der Waals surface area contributed by atoms with E-state index in [1.165, 1.54) is 0 Å². The molecule has 0 N–H and O–H groups in total. The van der Waals surface area contributed by atoms with Gasteiger partial charge in [0.25, 0.3) is 0 Å². The molecule has 166 valence electrons. The number of anilines is 1. The van der Waals surface area contributed by atoms with Crippen LogP contribution in [-0.2, 0) is 9.53 Å². The van der Waals surface area contributed by atoms with Crippen LogP contribution in [0, 0.1) is 0 Å². The van der Waals surface area contributed by atoms with Gasteiger partial charge < -0.3 is 14.5 Å². The molecule has 4 rings (SSSR count). The smallest absolute Gasteiger partial charge is 0.236 e. The third-order valence-electron chi connectivity index (χ3n) is 5.98. The van der Waals surface area contributed by atoms with Gasteiger partial charge in [-0.25, -0.2) is 9.97 Å². The SMILES string of the molecule is CN(C)c1ncc(-c2ccc(Cl)cc2)c([C@H]2CCCN(C(=O)CN3CCOCC3)C2)n1. The maximum atomic E-state index is 13.0. The molecule has 0 radical (unpaired) electrons. The maximum Gasteiger partial charge on any atom is 0.236 e. The number of piperidine rings is 1. The fourth-order valence-electron chi connectivity index (χ4n) is 4.24. The van der Waals surface area contributed by atoms with Gasteiger partial charge in [-0.1, -0.05) is 23.7 Å². The third-order valence-corrected chi connectivity index (χ3v) is 6.24. The van der Waals surface area contributed by atoms with Crippen LogP contribution >= 0.6 is 11.6 Å². The zero-order valence-corrected chi connectivity index (χ0v) is 19.0. The third kappa shape index (κ3) is 5.34. The highest BCUT2D eigenvalue weighted by Gasteiger charge is 2.29. The van der Waals surface area contributed by atoms with Crippen LogP contribution in [0.4, 0.5) is 5.95 Å². The molecule has 31 heavy (non-hydrogen) atoms. The molecule has 1 aromatic heterocycles. The van der Waals surface area contributed by atoms with Gasteiger partial charge in [0.2, 0.25) is 11.9 Å². The number of aromatic nitrogens is 2. The molecule has 8 heteroatoms. The predicted octanol–water partition coefficient (Wildman–Crippen LogP) is 2.90. The molecule has 2 aromatic rings. The van der Waals surface area contributed by atoms with Crippen LogP contribution in [0.2, 0.25) is 5.02 Å². The lowest BCUT2D eigenvalue weighted by Gasteiger charge is -2.35. The zero-order valence-electron chi connectivity index (χ0n) is 18.3. The van der Waals surface area contributed by atoms with Crippen LogP contribution < -0.4 is 4.90 Å². The molecule has 2 saturated heterocycles. The first-order chi connectivity index (χ1) is 15.0. The van der Waals surface area contributed by atoms with Crippen molar-refractivity contribution in [1.29, 1.82) is 0 Å². The highest BCUT2D eigenvalue weighted by atomic mass is 35.5. The summed E-state index contributed by atoms with van der Waals surface area (Å²) in [4.78, 5) is 28.6. The second-order valence-electron chi connectivity index (χ2n) is 8.44. The topological polar surface area (TPSA) is 61.8 Å². The van der Waals surface area contributed by atoms with E-state index in [0.717, 1.165) is 49.3 Å². The molecule has 3 heterocycles. The Labute approximate surface area is 189 Å². The highest BCUT2D eigenvalue weighted by Crippen LogP contribution is 2.34. The molecule has 1 amide bonds. The van der Waals surface area contributed by atoms with E-state index in [9.17, 15) is 4.79 Å². The van der Waals surface area contributed by atoms with E-state index in [1.807, 2.05) is 54.4 Å². The van der Waals surface area contributed by atoms with Gasteiger partial charge in [0.05, 0.1) is 25.5 Å². The fraction of sp³-hybridized carbons (Fsp3) is 0.522. The van der Waals surface area contributed by atoms with E-state index >= 15 is 0 Å². The van der Waals surface area contributed by atoms with Crippen LogP contribution in [0.5, 0.6) is 0 Å². The van der Waals surface area contributed by atoms with Crippen molar-refractivity contribution in [2.75, 3.05) is 64.9 Å². The first-order valence-electron chi connectivity index (χ1n) is 10.9. The average molecular weight is 444 g/mol. The van der Waals surface area contributed by atoms with Crippen molar-refractivity contribution in [1.82, 2.24) is 19.8 Å². The van der Waals surface area contributed by atoms with Crippen molar-refractivity contribution < 1.29 is 9.53 Å². The van der Waals surface area contributed by atoms with Crippen molar-refractivity contribution in [3.63, 3.8) is 0 Å². The van der Waals surface area contributed by atoms with E-state index in [2.05, 4.69) is 9.88 Å². The maximum absolute atomic E-state index is 13.0. The Hall–Kier alpha value is -2.22. The summed E-state index contributed by atoms with van der Waals surface area (Å²) in [5, 5.41) is 0.702. The van der Waals surface area contributed by atoms with Crippen molar-refractivity contribution in [2.45, 2.75) is 18.8 Å². The second kappa shape index (κ2) is 9.94. The van der Waals surface area contributed by atoms with Crippen LogP contribution in [0.25, 0.3) is 11.1 Å². The summed E-state index contributed by atoms with van der Waals surface area (Å²) < 4.78 is 5.40. The number of likely N-dealkylation sites (tertiary alicyclic amines) is 1. The number of carbonyl (C=O) groups excluding carboxylic acids is 1.